The molecule has 3 heteroatoms. The van der Waals surface area contributed by atoms with E-state index in [1.54, 1.807) is 0 Å². The lowest BCUT2D eigenvalue weighted by Crippen LogP contribution is -2.52. The van der Waals surface area contributed by atoms with E-state index in [-0.39, 0.29) is 0 Å². The van der Waals surface area contributed by atoms with E-state index in [1.807, 2.05) is 6.92 Å². The molecule has 0 bridgehead atoms. The first-order valence-electron chi connectivity index (χ1n) is 11.0. The summed E-state index contributed by atoms with van der Waals surface area (Å²) in [5.74, 6) is 5.14. The van der Waals surface area contributed by atoms with Crippen molar-refractivity contribution in [1.82, 2.24) is 0 Å². The van der Waals surface area contributed by atoms with Crippen molar-refractivity contribution < 1.29 is 9.84 Å². The molecule has 0 spiro atoms. The predicted molar refractivity (Wildman–Crippen MR) is 101 cm³/mol. The number of hydrogen-bond acceptors (Lipinski definition) is 3. The van der Waals surface area contributed by atoms with Gasteiger partial charge in [-0.05, 0) is 112 Å². The molecule has 0 unspecified atom stereocenters. The molecular formula is C22H39NO2. The molecule has 8 atom stereocenters. The minimum absolute atomic E-state index is 0.521. The molecule has 0 heterocycles. The Kier molecular flexibility index (Phi) is 4.96. The highest BCUT2D eigenvalue weighted by Crippen LogP contribution is 2.64. The van der Waals surface area contributed by atoms with E-state index in [0.717, 1.165) is 54.9 Å². The molecule has 4 saturated carbocycles. The fourth-order valence-corrected chi connectivity index (χ4v) is 7.88. The third-order valence-corrected chi connectivity index (χ3v) is 9.16. The van der Waals surface area contributed by atoms with Gasteiger partial charge in [-0.3, -0.25) is 0 Å². The average molecular weight is 350 g/mol. The van der Waals surface area contributed by atoms with E-state index in [0.29, 0.717) is 18.6 Å². The van der Waals surface area contributed by atoms with Crippen LogP contribution in [0.15, 0.2) is 0 Å². The van der Waals surface area contributed by atoms with Crippen molar-refractivity contribution in [1.29, 1.82) is 0 Å². The van der Waals surface area contributed by atoms with Gasteiger partial charge in [0.1, 0.15) is 0 Å². The van der Waals surface area contributed by atoms with Crippen LogP contribution in [0.5, 0.6) is 0 Å². The molecule has 144 valence electrons. The maximum absolute atomic E-state index is 11.0. The molecule has 3 nitrogen and oxygen atoms in total. The van der Waals surface area contributed by atoms with E-state index in [1.165, 1.54) is 44.9 Å². The zero-order valence-electron chi connectivity index (χ0n) is 16.4. The molecule has 0 aromatic heterocycles. The number of hydrogen-bond donors (Lipinski definition) is 2. The summed E-state index contributed by atoms with van der Waals surface area (Å²) < 4.78 is 5.59. The fraction of sp³-hybridized carbons (Fsp3) is 1.00. The summed E-state index contributed by atoms with van der Waals surface area (Å²) in [6.07, 6.45) is 11.5. The van der Waals surface area contributed by atoms with Gasteiger partial charge < -0.3 is 15.6 Å². The lowest BCUT2D eigenvalue weighted by molar-refractivity contribution is -0.128. The van der Waals surface area contributed by atoms with Gasteiger partial charge in [-0.25, -0.2) is 0 Å². The minimum Gasteiger partial charge on any atom is -0.387 e. The Labute approximate surface area is 154 Å². The van der Waals surface area contributed by atoms with Gasteiger partial charge in [0.25, 0.3) is 0 Å². The van der Waals surface area contributed by atoms with E-state index in [4.69, 9.17) is 10.5 Å². The maximum atomic E-state index is 11.0. The van der Waals surface area contributed by atoms with Crippen molar-refractivity contribution >= 4 is 0 Å². The summed E-state index contributed by atoms with van der Waals surface area (Å²) in [4.78, 5) is 0. The van der Waals surface area contributed by atoms with Gasteiger partial charge >= 0.3 is 0 Å². The van der Waals surface area contributed by atoms with Gasteiger partial charge in [-0.15, -0.1) is 0 Å². The Morgan fingerprint density at radius 1 is 1.00 bits per heavy atom. The van der Waals surface area contributed by atoms with Crippen LogP contribution in [0.2, 0.25) is 0 Å². The topological polar surface area (TPSA) is 55.5 Å². The second-order valence-electron chi connectivity index (χ2n) is 10.1. The summed E-state index contributed by atoms with van der Waals surface area (Å²) >= 11 is 0. The summed E-state index contributed by atoms with van der Waals surface area (Å²) in [7, 11) is 0. The lowest BCUT2D eigenvalue weighted by atomic mass is 9.49. The molecule has 4 aliphatic rings. The van der Waals surface area contributed by atoms with Crippen LogP contribution in [0.1, 0.15) is 71.6 Å². The van der Waals surface area contributed by atoms with Crippen LogP contribution in [-0.4, -0.2) is 30.5 Å². The van der Waals surface area contributed by atoms with Crippen LogP contribution in [0.3, 0.4) is 0 Å². The number of rotatable bonds is 4. The van der Waals surface area contributed by atoms with Gasteiger partial charge in [0.15, 0.2) is 0 Å². The first-order valence-corrected chi connectivity index (χ1v) is 11.0. The van der Waals surface area contributed by atoms with Crippen molar-refractivity contribution in [2.75, 3.05) is 19.8 Å². The van der Waals surface area contributed by atoms with E-state index >= 15 is 0 Å². The molecule has 4 aliphatic carbocycles. The van der Waals surface area contributed by atoms with Gasteiger partial charge in [0, 0.05) is 6.61 Å². The van der Waals surface area contributed by atoms with Crippen LogP contribution < -0.4 is 5.73 Å². The molecule has 0 saturated heterocycles. The third kappa shape index (κ3) is 2.99. The monoisotopic (exact) mass is 349 g/mol. The zero-order valence-corrected chi connectivity index (χ0v) is 16.4. The second-order valence-corrected chi connectivity index (χ2v) is 10.1. The summed E-state index contributed by atoms with van der Waals surface area (Å²) in [6, 6.07) is 0. The van der Waals surface area contributed by atoms with Crippen molar-refractivity contribution in [3.8, 4) is 0 Å². The lowest BCUT2D eigenvalue weighted by Gasteiger charge is -2.57. The second kappa shape index (κ2) is 6.80. The molecule has 0 aromatic carbocycles. The quantitative estimate of drug-likeness (QED) is 0.807. The predicted octanol–water partition coefficient (Wildman–Crippen LogP) is 3.98. The van der Waals surface area contributed by atoms with Crippen LogP contribution in [0, 0.1) is 40.9 Å². The van der Waals surface area contributed by atoms with Crippen molar-refractivity contribution in [3.63, 3.8) is 0 Å². The van der Waals surface area contributed by atoms with Crippen LogP contribution in [-0.2, 0) is 4.74 Å². The molecule has 0 radical (unpaired) electrons. The highest BCUT2D eigenvalue weighted by atomic mass is 16.5. The van der Waals surface area contributed by atoms with Gasteiger partial charge in [-0.2, -0.15) is 0 Å². The largest absolute Gasteiger partial charge is 0.387 e. The normalized spacial score (nSPS) is 52.3. The average Bonchev–Trinajstić information content (AvgIpc) is 2.96. The van der Waals surface area contributed by atoms with Crippen molar-refractivity contribution in [2.45, 2.75) is 77.2 Å². The zero-order chi connectivity index (χ0) is 17.7. The summed E-state index contributed by atoms with van der Waals surface area (Å²) in [6.45, 7) is 6.73. The fourth-order valence-electron chi connectivity index (χ4n) is 7.88. The SMILES string of the molecule is CCOC[C@@]1(O)CC[C@H]2[C@H](CC[C@@H]3[C@@H]2CC[C@]2(C)[C@@H](CN)CC[C@@H]32)C1. The Hall–Kier alpha value is -0.120. The number of ether oxygens (including phenoxy) is 1. The molecule has 3 N–H and O–H groups in total. The van der Waals surface area contributed by atoms with Gasteiger partial charge in [0.2, 0.25) is 0 Å². The van der Waals surface area contributed by atoms with Crippen LogP contribution >= 0.6 is 0 Å². The Balaban J connectivity index is 1.46. The maximum Gasteiger partial charge on any atom is 0.0883 e. The molecule has 0 aromatic rings. The minimum atomic E-state index is -0.550. The molecule has 0 amide bonds. The Morgan fingerprint density at radius 2 is 1.80 bits per heavy atom. The van der Waals surface area contributed by atoms with Crippen molar-refractivity contribution in [2.24, 2.45) is 46.7 Å². The molecular weight excluding hydrogens is 310 g/mol. The van der Waals surface area contributed by atoms with E-state index < -0.39 is 5.60 Å². The molecule has 25 heavy (non-hydrogen) atoms. The first kappa shape index (κ1) is 18.3. The van der Waals surface area contributed by atoms with E-state index in [9.17, 15) is 5.11 Å². The smallest absolute Gasteiger partial charge is 0.0883 e. The standard InChI is InChI=1S/C22H39NO2/c1-3-25-14-22(24)11-9-17-15(12-22)4-6-19-18(17)8-10-21(2)16(13-23)5-7-20(19)21/h15-20,24H,3-14,23H2,1-2H3/t15-,16-,17+,18-,19-,20+,21-,22-/m1/s1. The van der Waals surface area contributed by atoms with Gasteiger partial charge in [0.05, 0.1) is 12.2 Å². The van der Waals surface area contributed by atoms with Crippen LogP contribution in [0.25, 0.3) is 0 Å². The number of fused-ring (bicyclic) bond motifs is 5. The summed E-state index contributed by atoms with van der Waals surface area (Å²) in [5.41, 5.74) is 6.10. The summed E-state index contributed by atoms with van der Waals surface area (Å²) in [5, 5.41) is 11.0. The molecule has 0 aliphatic heterocycles. The third-order valence-electron chi connectivity index (χ3n) is 9.16. The Bertz CT molecular complexity index is 483. The number of nitrogens with two attached hydrogens (primary N) is 1. The number of aliphatic hydroxyl groups is 1. The molecule has 4 fully saturated rings. The Morgan fingerprint density at radius 3 is 2.56 bits per heavy atom. The highest BCUT2D eigenvalue weighted by molar-refractivity contribution is 5.07. The highest BCUT2D eigenvalue weighted by Gasteiger charge is 2.57. The van der Waals surface area contributed by atoms with Crippen molar-refractivity contribution in [3.05, 3.63) is 0 Å². The molecule has 4 rings (SSSR count). The van der Waals surface area contributed by atoms with E-state index in [2.05, 4.69) is 6.92 Å². The van der Waals surface area contributed by atoms with Gasteiger partial charge in [-0.1, -0.05) is 6.92 Å². The first-order chi connectivity index (χ1) is 12.0. The van der Waals surface area contributed by atoms with Crippen LogP contribution in [0.4, 0.5) is 0 Å².